The fourth-order valence-electron chi connectivity index (χ4n) is 2.74. The highest BCUT2D eigenvalue weighted by Gasteiger charge is 2.40. The van der Waals surface area contributed by atoms with Gasteiger partial charge in [0.2, 0.25) is 0 Å². The second-order valence-electron chi connectivity index (χ2n) is 7.31. The van der Waals surface area contributed by atoms with Gasteiger partial charge < -0.3 is 13.8 Å². The predicted molar refractivity (Wildman–Crippen MR) is 99.5 cm³/mol. The Labute approximate surface area is 160 Å². The topological polar surface area (TPSA) is 82.1 Å². The summed E-state index contributed by atoms with van der Waals surface area (Å²) in [5, 5.41) is 0. The van der Waals surface area contributed by atoms with Gasteiger partial charge in [0.05, 0.1) is 30.2 Å². The van der Waals surface area contributed by atoms with Crippen molar-refractivity contribution in [2.75, 3.05) is 13.2 Å². The molecule has 1 fully saturated rings. The minimum absolute atomic E-state index is 0.0928. The molecule has 1 aromatic carbocycles. The van der Waals surface area contributed by atoms with Crippen LogP contribution >= 0.6 is 12.9 Å². The van der Waals surface area contributed by atoms with Gasteiger partial charge in [-0.3, -0.25) is 4.18 Å². The summed E-state index contributed by atoms with van der Waals surface area (Å²) >= 11 is 3.74. The SMILES string of the molecule is Cc1cccc(S(=O)(=O)O[C@@H]2C[C@H](COS)N(C(=O)OC(C)(C)C)C2)c1. The number of hydrogen-bond acceptors (Lipinski definition) is 7. The van der Waals surface area contributed by atoms with Crippen LogP contribution in [0.5, 0.6) is 0 Å². The highest BCUT2D eigenvalue weighted by molar-refractivity contribution is 7.86. The number of benzene rings is 1. The van der Waals surface area contributed by atoms with E-state index in [0.29, 0.717) is 6.42 Å². The van der Waals surface area contributed by atoms with Crippen LogP contribution in [0.3, 0.4) is 0 Å². The van der Waals surface area contributed by atoms with Crippen molar-refractivity contribution >= 4 is 29.1 Å². The van der Waals surface area contributed by atoms with E-state index in [0.717, 1.165) is 5.56 Å². The molecule has 1 saturated heterocycles. The van der Waals surface area contributed by atoms with Gasteiger partial charge in [0.1, 0.15) is 5.60 Å². The van der Waals surface area contributed by atoms with E-state index < -0.39 is 27.9 Å². The highest BCUT2D eigenvalue weighted by Crippen LogP contribution is 2.27. The minimum Gasteiger partial charge on any atom is -0.444 e. The average Bonchev–Trinajstić information content (AvgIpc) is 2.88. The minimum atomic E-state index is -3.93. The molecule has 9 heteroatoms. The van der Waals surface area contributed by atoms with Crippen LogP contribution in [-0.2, 0) is 23.2 Å². The molecule has 0 aromatic heterocycles. The van der Waals surface area contributed by atoms with Gasteiger partial charge in [-0.1, -0.05) is 12.1 Å². The number of nitrogens with zero attached hydrogens (tertiary/aromatic N) is 1. The van der Waals surface area contributed by atoms with E-state index in [9.17, 15) is 13.2 Å². The van der Waals surface area contributed by atoms with Gasteiger partial charge in [-0.05, 0) is 64.7 Å². The first-order valence-corrected chi connectivity index (χ1v) is 10.0. The maximum absolute atomic E-state index is 12.5. The molecule has 2 atom stereocenters. The Morgan fingerprint density at radius 1 is 1.35 bits per heavy atom. The summed E-state index contributed by atoms with van der Waals surface area (Å²) in [6.07, 6.45) is -0.904. The van der Waals surface area contributed by atoms with Crippen molar-refractivity contribution in [1.82, 2.24) is 4.90 Å². The summed E-state index contributed by atoms with van der Waals surface area (Å²) in [7, 11) is -3.93. The fraction of sp³-hybridized carbons (Fsp3) is 0.588. The first-order valence-electron chi connectivity index (χ1n) is 8.28. The van der Waals surface area contributed by atoms with Gasteiger partial charge in [-0.15, -0.1) is 0 Å². The van der Waals surface area contributed by atoms with Crippen molar-refractivity contribution in [3.05, 3.63) is 29.8 Å². The monoisotopic (exact) mass is 403 g/mol. The number of hydrogen-bond donors (Lipinski definition) is 1. The number of amides is 1. The molecule has 1 heterocycles. The second-order valence-corrected chi connectivity index (χ2v) is 9.14. The van der Waals surface area contributed by atoms with E-state index in [4.69, 9.17) is 13.1 Å². The Balaban J connectivity index is 2.12. The van der Waals surface area contributed by atoms with E-state index >= 15 is 0 Å². The van der Waals surface area contributed by atoms with Crippen LogP contribution in [0.2, 0.25) is 0 Å². The maximum atomic E-state index is 12.5. The van der Waals surface area contributed by atoms with Gasteiger partial charge >= 0.3 is 6.09 Å². The van der Waals surface area contributed by atoms with E-state index in [-0.39, 0.29) is 24.1 Å². The van der Waals surface area contributed by atoms with Crippen molar-refractivity contribution in [3.8, 4) is 0 Å². The van der Waals surface area contributed by atoms with Crippen LogP contribution in [0, 0.1) is 6.92 Å². The molecule has 0 N–H and O–H groups in total. The Morgan fingerprint density at radius 2 is 2.04 bits per heavy atom. The van der Waals surface area contributed by atoms with Crippen LogP contribution < -0.4 is 0 Å². The van der Waals surface area contributed by atoms with E-state index in [1.165, 1.54) is 11.0 Å². The number of carbonyl (C=O) groups is 1. The van der Waals surface area contributed by atoms with Crippen molar-refractivity contribution in [2.45, 2.75) is 56.8 Å². The highest BCUT2D eigenvalue weighted by atomic mass is 32.2. The molecule has 0 aliphatic carbocycles. The molecule has 1 aliphatic heterocycles. The molecule has 0 spiro atoms. The number of likely N-dealkylation sites (tertiary alicyclic amines) is 1. The van der Waals surface area contributed by atoms with Crippen molar-refractivity contribution in [1.29, 1.82) is 0 Å². The third-order valence-corrected chi connectivity index (χ3v) is 5.32. The van der Waals surface area contributed by atoms with Crippen LogP contribution in [0.4, 0.5) is 4.79 Å². The maximum Gasteiger partial charge on any atom is 0.410 e. The molecular weight excluding hydrogens is 378 g/mol. The summed E-state index contributed by atoms with van der Waals surface area (Å²) in [6.45, 7) is 7.34. The molecule has 0 saturated carbocycles. The third-order valence-electron chi connectivity index (χ3n) is 3.81. The average molecular weight is 404 g/mol. The third kappa shape index (κ3) is 5.60. The molecule has 1 aliphatic rings. The molecule has 1 amide bonds. The normalized spacial score (nSPS) is 21.0. The van der Waals surface area contributed by atoms with Crippen LogP contribution in [0.1, 0.15) is 32.8 Å². The Morgan fingerprint density at radius 3 is 2.62 bits per heavy atom. The molecule has 7 nitrogen and oxygen atoms in total. The van der Waals surface area contributed by atoms with Crippen LogP contribution in [-0.4, -0.2) is 50.3 Å². The second kappa shape index (κ2) is 8.16. The largest absolute Gasteiger partial charge is 0.444 e. The van der Waals surface area contributed by atoms with E-state index in [1.54, 1.807) is 45.9 Å². The Hall–Kier alpha value is -1.29. The standard InChI is InChI=1S/C17H25NO6S2/c1-12-6-5-7-15(8-12)26(20,21)24-14-9-13(11-22-25)18(10-14)16(19)23-17(2,3)4/h5-8,13-14,25H,9-11H2,1-4H3/t13-,14-/m1/s1. The molecule has 146 valence electrons. The Kier molecular flexibility index (Phi) is 6.60. The summed E-state index contributed by atoms with van der Waals surface area (Å²) in [4.78, 5) is 13.9. The van der Waals surface area contributed by atoms with Crippen LogP contribution in [0.25, 0.3) is 0 Å². The number of ether oxygens (including phenoxy) is 1. The summed E-state index contributed by atoms with van der Waals surface area (Å²) in [6, 6.07) is 6.12. The predicted octanol–water partition coefficient (Wildman–Crippen LogP) is 2.94. The lowest BCUT2D eigenvalue weighted by Crippen LogP contribution is -2.41. The van der Waals surface area contributed by atoms with Gasteiger partial charge in [0, 0.05) is 0 Å². The first-order chi connectivity index (χ1) is 12.0. The zero-order chi connectivity index (χ0) is 19.5. The zero-order valence-corrected chi connectivity index (χ0v) is 17.0. The fourth-order valence-corrected chi connectivity index (χ4v) is 4.09. The molecular formula is C17H25NO6S2. The van der Waals surface area contributed by atoms with Gasteiger partial charge in [0.25, 0.3) is 10.1 Å². The lowest BCUT2D eigenvalue weighted by Gasteiger charge is -2.27. The van der Waals surface area contributed by atoms with Gasteiger partial charge in [-0.2, -0.15) is 8.42 Å². The van der Waals surface area contributed by atoms with E-state index in [1.807, 2.05) is 0 Å². The lowest BCUT2D eigenvalue weighted by atomic mass is 10.2. The first kappa shape index (κ1) is 21.0. The molecule has 0 bridgehead atoms. The number of rotatable bonds is 5. The van der Waals surface area contributed by atoms with Gasteiger partial charge in [-0.25, -0.2) is 4.79 Å². The smallest absolute Gasteiger partial charge is 0.410 e. The Bertz CT molecular complexity index is 744. The summed E-state index contributed by atoms with van der Waals surface area (Å²) in [5.41, 5.74) is 0.161. The van der Waals surface area contributed by atoms with Crippen molar-refractivity contribution < 1.29 is 26.3 Å². The summed E-state index contributed by atoms with van der Waals surface area (Å²) < 4.78 is 40.6. The molecule has 1 aromatic rings. The number of carbonyl (C=O) groups excluding carboxylic acids is 1. The van der Waals surface area contributed by atoms with Gasteiger partial charge in [0.15, 0.2) is 0 Å². The zero-order valence-electron chi connectivity index (χ0n) is 15.3. The lowest BCUT2D eigenvalue weighted by molar-refractivity contribution is 0.0184. The van der Waals surface area contributed by atoms with Crippen LogP contribution in [0.15, 0.2) is 29.2 Å². The molecule has 0 unspecified atom stereocenters. The molecule has 26 heavy (non-hydrogen) atoms. The van der Waals surface area contributed by atoms with Crippen molar-refractivity contribution in [3.63, 3.8) is 0 Å². The molecule has 0 radical (unpaired) electrons. The number of thiol groups is 1. The summed E-state index contributed by atoms with van der Waals surface area (Å²) in [5.74, 6) is 0. The molecule has 2 rings (SSSR count). The number of aryl methyl sites for hydroxylation is 1. The van der Waals surface area contributed by atoms with Crippen molar-refractivity contribution in [2.24, 2.45) is 0 Å². The van der Waals surface area contributed by atoms with E-state index in [2.05, 4.69) is 12.9 Å². The quantitative estimate of drug-likeness (QED) is 0.462.